The number of likely N-dealkylation sites (N-methyl/N-ethyl adjacent to an activating group) is 2. The molecule has 0 saturated carbocycles. The number of carbonyl (C=O) groups is 1. The van der Waals surface area contributed by atoms with Crippen LogP contribution >= 0.6 is 0 Å². The Hall–Kier alpha value is -3.44. The quantitative estimate of drug-likeness (QED) is 0.603. The van der Waals surface area contributed by atoms with Gasteiger partial charge in [0, 0.05) is 45.5 Å². The number of hydrogen-bond donors (Lipinski definition) is 1. The van der Waals surface area contributed by atoms with Crippen LogP contribution in [0.25, 0.3) is 0 Å². The minimum Gasteiger partial charge on any atom is -0.436 e. The molecule has 1 aromatic carbocycles. The van der Waals surface area contributed by atoms with Crippen molar-refractivity contribution in [2.24, 2.45) is 0 Å². The van der Waals surface area contributed by atoms with Crippen molar-refractivity contribution >= 4 is 23.2 Å². The van der Waals surface area contributed by atoms with Gasteiger partial charge in [0.15, 0.2) is 0 Å². The minimum atomic E-state index is -4.51. The van der Waals surface area contributed by atoms with E-state index in [2.05, 4.69) is 27.1 Å². The lowest BCUT2D eigenvalue weighted by Crippen LogP contribution is -2.45. The monoisotopic (exact) mass is 516 g/mol. The van der Waals surface area contributed by atoms with Gasteiger partial charge in [-0.15, -0.1) is 0 Å². The Morgan fingerprint density at radius 1 is 1.16 bits per heavy atom. The number of carbonyl (C=O) groups excluding carboxylic acids is 1. The molecule has 1 aromatic heterocycles. The lowest BCUT2D eigenvalue weighted by atomic mass is 10.0. The van der Waals surface area contributed by atoms with Crippen molar-refractivity contribution in [3.8, 4) is 5.88 Å². The van der Waals surface area contributed by atoms with Gasteiger partial charge >= 0.3 is 6.18 Å². The van der Waals surface area contributed by atoms with E-state index in [0.29, 0.717) is 17.0 Å². The van der Waals surface area contributed by atoms with Crippen molar-refractivity contribution in [2.45, 2.75) is 33.5 Å². The summed E-state index contributed by atoms with van der Waals surface area (Å²) in [6.45, 7) is 9.86. The standard InChI is InChI=1S/C26H31F3N6O2/c1-5-7-22-17(3)24(36)33(4)21-15-30-25(32-23(21)37-22)31-19-9-8-18(20(14-19)26(27,28)29)16-35-12-10-34(6-2)11-13-35/h5,7-9,14-15H,6,10-13,16H2,1-4H3,(H,30,31,32)/b7-5-. The topological polar surface area (TPSA) is 73.8 Å². The number of nitrogens with one attached hydrogen (secondary N) is 1. The molecule has 0 spiro atoms. The number of anilines is 3. The lowest BCUT2D eigenvalue weighted by Gasteiger charge is -2.34. The third kappa shape index (κ3) is 5.94. The average molecular weight is 517 g/mol. The Labute approximate surface area is 214 Å². The predicted molar refractivity (Wildman–Crippen MR) is 136 cm³/mol. The van der Waals surface area contributed by atoms with E-state index >= 15 is 0 Å². The summed E-state index contributed by atoms with van der Waals surface area (Å²) in [6, 6.07) is 4.17. The summed E-state index contributed by atoms with van der Waals surface area (Å²) in [4.78, 5) is 26.9. The molecule has 0 atom stereocenters. The van der Waals surface area contributed by atoms with E-state index in [0.717, 1.165) is 38.8 Å². The Morgan fingerprint density at radius 2 is 1.86 bits per heavy atom. The van der Waals surface area contributed by atoms with E-state index in [1.807, 2.05) is 4.90 Å². The molecule has 1 amide bonds. The predicted octanol–water partition coefficient (Wildman–Crippen LogP) is 4.58. The third-order valence-corrected chi connectivity index (χ3v) is 6.59. The van der Waals surface area contributed by atoms with Crippen LogP contribution in [0.15, 0.2) is 47.9 Å². The Morgan fingerprint density at radius 3 is 2.51 bits per heavy atom. The fraction of sp³-hybridized carbons (Fsp3) is 0.423. The zero-order valence-electron chi connectivity index (χ0n) is 21.4. The molecular formula is C26H31F3N6O2. The molecule has 0 unspecified atom stereocenters. The first-order chi connectivity index (χ1) is 17.6. The van der Waals surface area contributed by atoms with Gasteiger partial charge in [-0.3, -0.25) is 9.69 Å². The normalized spacial score (nSPS) is 17.7. The van der Waals surface area contributed by atoms with Gasteiger partial charge in [0.2, 0.25) is 11.8 Å². The van der Waals surface area contributed by atoms with Crippen LogP contribution in [0.1, 0.15) is 31.9 Å². The Balaban J connectivity index is 1.58. The average Bonchev–Trinajstić information content (AvgIpc) is 2.95. The van der Waals surface area contributed by atoms with Crippen molar-refractivity contribution in [3.05, 3.63) is 59.0 Å². The summed E-state index contributed by atoms with van der Waals surface area (Å²) in [5.41, 5.74) is 0.482. The first-order valence-electron chi connectivity index (χ1n) is 12.2. The summed E-state index contributed by atoms with van der Waals surface area (Å²) < 4.78 is 47.8. The van der Waals surface area contributed by atoms with Crippen molar-refractivity contribution in [3.63, 3.8) is 0 Å². The van der Waals surface area contributed by atoms with E-state index in [-0.39, 0.29) is 35.5 Å². The minimum absolute atomic E-state index is 0.0514. The largest absolute Gasteiger partial charge is 0.436 e. The van der Waals surface area contributed by atoms with Crippen molar-refractivity contribution in [1.29, 1.82) is 0 Å². The van der Waals surface area contributed by atoms with Crippen LogP contribution in [-0.4, -0.2) is 65.4 Å². The highest BCUT2D eigenvalue weighted by molar-refractivity contribution is 6.06. The zero-order chi connectivity index (χ0) is 26.7. The summed E-state index contributed by atoms with van der Waals surface area (Å²) in [6.07, 6.45) is 0.287. The molecule has 0 aliphatic carbocycles. The molecule has 1 fully saturated rings. The number of rotatable bonds is 6. The number of aromatic nitrogens is 2. The molecule has 0 radical (unpaired) electrons. The molecule has 0 bridgehead atoms. The zero-order valence-corrected chi connectivity index (χ0v) is 21.4. The second-order valence-corrected chi connectivity index (χ2v) is 9.04. The molecule has 1 N–H and O–H groups in total. The van der Waals surface area contributed by atoms with Crippen LogP contribution in [0.2, 0.25) is 0 Å². The number of ether oxygens (including phenoxy) is 1. The van der Waals surface area contributed by atoms with Crippen LogP contribution < -0.4 is 15.0 Å². The smallest absolute Gasteiger partial charge is 0.416 e. The van der Waals surface area contributed by atoms with E-state index < -0.39 is 11.7 Å². The second-order valence-electron chi connectivity index (χ2n) is 9.04. The molecule has 37 heavy (non-hydrogen) atoms. The molecule has 8 nitrogen and oxygen atoms in total. The first kappa shape index (κ1) is 26.6. The number of fused-ring (bicyclic) bond motifs is 1. The second kappa shape index (κ2) is 10.9. The number of benzene rings is 1. The van der Waals surface area contributed by atoms with E-state index in [1.165, 1.54) is 17.2 Å². The molecular weight excluding hydrogens is 485 g/mol. The Kier molecular flexibility index (Phi) is 7.84. The fourth-order valence-electron chi connectivity index (χ4n) is 4.37. The van der Waals surface area contributed by atoms with Gasteiger partial charge in [0.1, 0.15) is 11.4 Å². The molecule has 3 heterocycles. The van der Waals surface area contributed by atoms with Gasteiger partial charge in [-0.1, -0.05) is 19.1 Å². The van der Waals surface area contributed by atoms with Gasteiger partial charge in [-0.2, -0.15) is 18.2 Å². The number of hydrogen-bond acceptors (Lipinski definition) is 7. The first-order valence-corrected chi connectivity index (χ1v) is 12.2. The molecule has 2 aliphatic rings. The van der Waals surface area contributed by atoms with Gasteiger partial charge in [0.25, 0.3) is 5.91 Å². The molecule has 1 saturated heterocycles. The molecule has 2 aromatic rings. The van der Waals surface area contributed by atoms with Crippen molar-refractivity contribution in [2.75, 3.05) is 50.0 Å². The van der Waals surface area contributed by atoms with E-state index in [1.54, 1.807) is 39.1 Å². The van der Waals surface area contributed by atoms with Gasteiger partial charge < -0.3 is 19.9 Å². The van der Waals surface area contributed by atoms with E-state index in [4.69, 9.17) is 4.74 Å². The summed E-state index contributed by atoms with van der Waals surface area (Å²) in [5.74, 6) is 0.247. The highest BCUT2D eigenvalue weighted by atomic mass is 19.4. The molecule has 198 valence electrons. The van der Waals surface area contributed by atoms with Crippen LogP contribution in [0.5, 0.6) is 5.88 Å². The number of piperazine rings is 1. The van der Waals surface area contributed by atoms with Crippen LogP contribution in [-0.2, 0) is 17.5 Å². The highest BCUT2D eigenvalue weighted by Crippen LogP contribution is 2.36. The third-order valence-electron chi connectivity index (χ3n) is 6.59. The molecule has 4 rings (SSSR count). The summed E-state index contributed by atoms with van der Waals surface area (Å²) in [5, 5.41) is 2.86. The maximum atomic E-state index is 14.0. The van der Waals surface area contributed by atoms with Gasteiger partial charge in [-0.05, 0) is 44.2 Å². The maximum absolute atomic E-state index is 14.0. The van der Waals surface area contributed by atoms with Crippen LogP contribution in [0.3, 0.4) is 0 Å². The number of halogens is 3. The Bertz CT molecular complexity index is 1220. The summed E-state index contributed by atoms with van der Waals surface area (Å²) >= 11 is 0. The van der Waals surface area contributed by atoms with Crippen molar-refractivity contribution in [1.82, 2.24) is 19.8 Å². The number of alkyl halides is 3. The van der Waals surface area contributed by atoms with Gasteiger partial charge in [0.05, 0.1) is 17.3 Å². The molecule has 11 heteroatoms. The SMILES string of the molecule is C/C=C\C1=C(C)C(=O)N(C)c2cnc(Nc3ccc(CN4CCN(CC)CC4)c(C(F)(F)F)c3)nc2O1. The number of amides is 1. The fourth-order valence-corrected chi connectivity index (χ4v) is 4.37. The summed E-state index contributed by atoms with van der Waals surface area (Å²) in [7, 11) is 1.58. The van der Waals surface area contributed by atoms with Crippen LogP contribution in [0.4, 0.5) is 30.5 Å². The molecule has 2 aliphatic heterocycles. The highest BCUT2D eigenvalue weighted by Gasteiger charge is 2.34. The van der Waals surface area contributed by atoms with Crippen molar-refractivity contribution < 1.29 is 22.7 Å². The van der Waals surface area contributed by atoms with Gasteiger partial charge in [-0.25, -0.2) is 4.98 Å². The van der Waals surface area contributed by atoms with Crippen LogP contribution in [0, 0.1) is 0 Å². The number of allylic oxidation sites excluding steroid dienone is 2. The maximum Gasteiger partial charge on any atom is 0.416 e. The lowest BCUT2D eigenvalue weighted by molar-refractivity contribution is -0.138. The number of nitrogens with zero attached hydrogens (tertiary/aromatic N) is 5. The van der Waals surface area contributed by atoms with E-state index in [9.17, 15) is 18.0 Å².